The van der Waals surface area contributed by atoms with Gasteiger partial charge in [-0.15, -0.1) is 0 Å². The standard InChI is InChI=1S/C25H22FN3O3S/c26-18-11-13-19(14-12-18)27-23(31)22(17-7-2-1-3-8-17)33-25-28-21-10-5-4-9-20(21)24(32)29(25)15-6-16-30/h1-5,7-14,22,30H,6,15-16H2,(H,27,31). The lowest BCUT2D eigenvalue weighted by atomic mass is 10.1. The Balaban J connectivity index is 1.74. The Bertz CT molecular complexity index is 1310. The average molecular weight is 464 g/mol. The maximum Gasteiger partial charge on any atom is 0.262 e. The number of nitrogens with zero attached hydrogens (tertiary/aromatic N) is 2. The molecule has 0 bridgehead atoms. The summed E-state index contributed by atoms with van der Waals surface area (Å²) in [5, 5.41) is 12.3. The van der Waals surface area contributed by atoms with Crippen molar-refractivity contribution in [2.45, 2.75) is 23.4 Å². The van der Waals surface area contributed by atoms with Crippen molar-refractivity contribution in [3.63, 3.8) is 0 Å². The fourth-order valence-electron chi connectivity index (χ4n) is 3.41. The van der Waals surface area contributed by atoms with Crippen molar-refractivity contribution in [3.8, 4) is 0 Å². The molecule has 4 aromatic rings. The number of nitrogens with one attached hydrogen (secondary N) is 1. The fourth-order valence-corrected chi connectivity index (χ4v) is 4.53. The summed E-state index contributed by atoms with van der Waals surface area (Å²) in [7, 11) is 0. The number of thioether (sulfide) groups is 1. The highest BCUT2D eigenvalue weighted by molar-refractivity contribution is 8.00. The summed E-state index contributed by atoms with van der Waals surface area (Å²) >= 11 is 1.16. The van der Waals surface area contributed by atoms with E-state index in [-0.39, 0.29) is 24.6 Å². The molecule has 0 saturated heterocycles. The predicted octanol–water partition coefficient (Wildman–Crippen LogP) is 4.39. The highest BCUT2D eigenvalue weighted by Gasteiger charge is 2.25. The molecule has 0 aliphatic carbocycles. The smallest absolute Gasteiger partial charge is 0.262 e. The Morgan fingerprint density at radius 2 is 1.73 bits per heavy atom. The maximum atomic E-state index is 13.3. The monoisotopic (exact) mass is 463 g/mol. The van der Waals surface area contributed by atoms with E-state index < -0.39 is 11.1 Å². The summed E-state index contributed by atoms with van der Waals surface area (Å²) in [6.07, 6.45) is 0.380. The van der Waals surface area contributed by atoms with Crippen LogP contribution in [0.15, 0.2) is 88.8 Å². The van der Waals surface area contributed by atoms with E-state index in [9.17, 15) is 19.1 Å². The lowest BCUT2D eigenvalue weighted by Gasteiger charge is -2.19. The lowest BCUT2D eigenvalue weighted by molar-refractivity contribution is -0.115. The molecule has 3 aromatic carbocycles. The molecule has 6 nitrogen and oxygen atoms in total. The van der Waals surface area contributed by atoms with Crippen LogP contribution in [0.25, 0.3) is 10.9 Å². The predicted molar refractivity (Wildman–Crippen MR) is 128 cm³/mol. The van der Waals surface area contributed by atoms with Crippen LogP contribution in [0, 0.1) is 5.82 Å². The number of hydrogen-bond donors (Lipinski definition) is 2. The Kier molecular flexibility index (Phi) is 7.16. The van der Waals surface area contributed by atoms with Crippen LogP contribution in [-0.4, -0.2) is 27.2 Å². The number of aliphatic hydroxyl groups excluding tert-OH is 1. The Morgan fingerprint density at radius 3 is 2.45 bits per heavy atom. The van der Waals surface area contributed by atoms with Crippen LogP contribution >= 0.6 is 11.8 Å². The highest BCUT2D eigenvalue weighted by Crippen LogP contribution is 2.35. The van der Waals surface area contributed by atoms with Crippen LogP contribution in [0.2, 0.25) is 0 Å². The van der Waals surface area contributed by atoms with Gasteiger partial charge in [-0.05, 0) is 48.4 Å². The summed E-state index contributed by atoms with van der Waals surface area (Å²) in [4.78, 5) is 31.1. The van der Waals surface area contributed by atoms with Gasteiger partial charge in [0.15, 0.2) is 5.16 Å². The Labute approximate surface area is 194 Å². The van der Waals surface area contributed by atoms with Crippen LogP contribution in [0.3, 0.4) is 0 Å². The summed E-state index contributed by atoms with van der Waals surface area (Å²) in [6, 6.07) is 21.8. The minimum Gasteiger partial charge on any atom is -0.396 e. The van der Waals surface area contributed by atoms with Crippen molar-refractivity contribution in [2.24, 2.45) is 0 Å². The summed E-state index contributed by atoms with van der Waals surface area (Å²) in [5.41, 5.74) is 1.52. The van der Waals surface area contributed by atoms with E-state index in [0.717, 1.165) is 17.3 Å². The van der Waals surface area contributed by atoms with Crippen molar-refractivity contribution in [3.05, 3.63) is 101 Å². The number of rotatable bonds is 8. The van der Waals surface area contributed by atoms with Crippen molar-refractivity contribution >= 4 is 34.3 Å². The van der Waals surface area contributed by atoms with E-state index >= 15 is 0 Å². The van der Waals surface area contributed by atoms with Gasteiger partial charge in [0.05, 0.1) is 10.9 Å². The zero-order valence-corrected chi connectivity index (χ0v) is 18.5. The summed E-state index contributed by atoms with van der Waals surface area (Å²) in [6.45, 7) is 0.202. The van der Waals surface area contributed by atoms with Crippen molar-refractivity contribution in [1.82, 2.24) is 9.55 Å². The molecule has 1 heterocycles. The van der Waals surface area contributed by atoms with Gasteiger partial charge in [0, 0.05) is 18.8 Å². The molecule has 0 radical (unpaired) electrons. The number of aliphatic hydroxyl groups is 1. The molecule has 0 aliphatic rings. The van der Waals surface area contributed by atoms with Gasteiger partial charge in [-0.1, -0.05) is 54.2 Å². The van der Waals surface area contributed by atoms with E-state index in [1.807, 2.05) is 30.3 Å². The van der Waals surface area contributed by atoms with Gasteiger partial charge < -0.3 is 10.4 Å². The molecule has 1 atom stereocenters. The minimum absolute atomic E-state index is 0.0729. The number of para-hydroxylation sites is 1. The van der Waals surface area contributed by atoms with E-state index in [4.69, 9.17) is 0 Å². The van der Waals surface area contributed by atoms with Crippen LogP contribution in [0.4, 0.5) is 10.1 Å². The van der Waals surface area contributed by atoms with Gasteiger partial charge in [0.25, 0.3) is 5.56 Å². The first-order valence-corrected chi connectivity index (χ1v) is 11.3. The normalized spacial score (nSPS) is 11.9. The van der Waals surface area contributed by atoms with Crippen molar-refractivity contribution < 1.29 is 14.3 Å². The van der Waals surface area contributed by atoms with Gasteiger partial charge in [-0.25, -0.2) is 9.37 Å². The van der Waals surface area contributed by atoms with Gasteiger partial charge in [0.2, 0.25) is 5.91 Å². The quantitative estimate of drug-likeness (QED) is 0.299. The second kappa shape index (κ2) is 10.4. The van der Waals surface area contributed by atoms with Crippen LogP contribution in [0.1, 0.15) is 17.2 Å². The van der Waals surface area contributed by atoms with E-state index in [0.29, 0.717) is 28.2 Å². The highest BCUT2D eigenvalue weighted by atomic mass is 32.2. The van der Waals surface area contributed by atoms with Crippen molar-refractivity contribution in [1.29, 1.82) is 0 Å². The van der Waals surface area contributed by atoms with Gasteiger partial charge in [-0.3, -0.25) is 14.2 Å². The molecule has 0 spiro atoms. The number of carbonyl (C=O) groups is 1. The number of aromatic nitrogens is 2. The van der Waals surface area contributed by atoms with Crippen LogP contribution in [-0.2, 0) is 11.3 Å². The zero-order valence-electron chi connectivity index (χ0n) is 17.6. The summed E-state index contributed by atoms with van der Waals surface area (Å²) in [5.74, 6) is -0.718. The molecule has 0 saturated carbocycles. The molecule has 4 rings (SSSR count). The topological polar surface area (TPSA) is 84.2 Å². The van der Waals surface area contributed by atoms with Crippen LogP contribution in [0.5, 0.6) is 0 Å². The lowest BCUT2D eigenvalue weighted by Crippen LogP contribution is -2.26. The van der Waals surface area contributed by atoms with Gasteiger partial charge in [0.1, 0.15) is 11.1 Å². The number of carbonyl (C=O) groups excluding carboxylic acids is 1. The zero-order chi connectivity index (χ0) is 23.2. The number of fused-ring (bicyclic) bond motifs is 1. The number of benzene rings is 3. The second-order valence-electron chi connectivity index (χ2n) is 7.35. The molecule has 8 heteroatoms. The second-order valence-corrected chi connectivity index (χ2v) is 8.42. The molecule has 1 aromatic heterocycles. The fraction of sp³-hybridized carbons (Fsp3) is 0.160. The first kappa shape index (κ1) is 22.7. The largest absolute Gasteiger partial charge is 0.396 e. The van der Waals surface area contributed by atoms with Gasteiger partial charge in [-0.2, -0.15) is 0 Å². The minimum atomic E-state index is -0.718. The maximum absolute atomic E-state index is 13.3. The molecule has 1 unspecified atom stereocenters. The van der Waals surface area contributed by atoms with E-state index in [2.05, 4.69) is 10.3 Å². The molecular formula is C25H22FN3O3S. The number of halogens is 1. The number of anilines is 1. The Morgan fingerprint density at radius 1 is 1.03 bits per heavy atom. The number of hydrogen-bond acceptors (Lipinski definition) is 5. The van der Waals surface area contributed by atoms with Crippen molar-refractivity contribution in [2.75, 3.05) is 11.9 Å². The van der Waals surface area contributed by atoms with E-state index in [1.165, 1.54) is 28.8 Å². The van der Waals surface area contributed by atoms with Crippen LogP contribution < -0.4 is 10.9 Å². The first-order valence-electron chi connectivity index (χ1n) is 10.5. The average Bonchev–Trinajstić information content (AvgIpc) is 2.84. The summed E-state index contributed by atoms with van der Waals surface area (Å²) < 4.78 is 14.8. The molecule has 2 N–H and O–H groups in total. The first-order chi connectivity index (χ1) is 16.1. The third-order valence-corrected chi connectivity index (χ3v) is 6.29. The molecule has 1 amide bonds. The number of amides is 1. The van der Waals surface area contributed by atoms with Gasteiger partial charge >= 0.3 is 0 Å². The SMILES string of the molecule is O=C(Nc1ccc(F)cc1)C(Sc1nc2ccccc2c(=O)n1CCCO)c1ccccc1. The molecule has 0 fully saturated rings. The molecule has 168 valence electrons. The third kappa shape index (κ3) is 5.30. The molecular weight excluding hydrogens is 441 g/mol. The third-order valence-electron chi connectivity index (χ3n) is 5.04. The Hall–Kier alpha value is -3.49. The molecule has 0 aliphatic heterocycles. The van der Waals surface area contributed by atoms with E-state index in [1.54, 1.807) is 24.3 Å². The molecule has 33 heavy (non-hydrogen) atoms.